The molecule has 0 saturated heterocycles. The number of nitrogens with zero attached hydrogens (tertiary/aromatic N) is 1. The molecule has 0 saturated carbocycles. The van der Waals surface area contributed by atoms with E-state index in [1.807, 2.05) is 30.1 Å². The van der Waals surface area contributed by atoms with Gasteiger partial charge in [0.15, 0.2) is 0 Å². The highest BCUT2D eigenvalue weighted by atomic mass is 19.3. The van der Waals surface area contributed by atoms with E-state index in [0.717, 1.165) is 19.4 Å². The molecule has 2 rings (SSSR count). The number of nitrogens with two attached hydrogens (primary N) is 1. The standard InChI is InChI=1S/C17H20F2N2/c1-21(11-5-8-13-6-3-2-4-7-13)16-10-9-14(20)12-15(16)17(18)19/h2-4,6-7,9-10,12,17H,5,8,11,20H2,1H3. The summed E-state index contributed by atoms with van der Waals surface area (Å²) in [6.45, 7) is 0.721. The highest BCUT2D eigenvalue weighted by Crippen LogP contribution is 2.31. The maximum atomic E-state index is 13.1. The number of nitrogen functional groups attached to an aromatic ring is 1. The lowest BCUT2D eigenvalue weighted by Gasteiger charge is -2.22. The van der Waals surface area contributed by atoms with Crippen molar-refractivity contribution in [2.24, 2.45) is 0 Å². The topological polar surface area (TPSA) is 29.3 Å². The number of halogens is 2. The second-order valence-electron chi connectivity index (χ2n) is 5.13. The van der Waals surface area contributed by atoms with E-state index in [1.165, 1.54) is 11.6 Å². The van der Waals surface area contributed by atoms with Gasteiger partial charge in [0, 0.05) is 30.5 Å². The molecule has 0 heterocycles. The predicted octanol–water partition coefficient (Wildman–Crippen LogP) is 4.28. The quantitative estimate of drug-likeness (QED) is 0.805. The van der Waals surface area contributed by atoms with Gasteiger partial charge in [-0.3, -0.25) is 0 Å². The molecule has 2 N–H and O–H groups in total. The molecular formula is C17H20F2N2. The van der Waals surface area contributed by atoms with Gasteiger partial charge in [-0.15, -0.1) is 0 Å². The van der Waals surface area contributed by atoms with Crippen molar-refractivity contribution in [3.05, 3.63) is 59.7 Å². The summed E-state index contributed by atoms with van der Waals surface area (Å²) in [5, 5.41) is 0. The number of alkyl halides is 2. The summed E-state index contributed by atoms with van der Waals surface area (Å²) < 4.78 is 26.1. The minimum atomic E-state index is -2.51. The number of benzene rings is 2. The predicted molar refractivity (Wildman–Crippen MR) is 83.8 cm³/mol. The van der Waals surface area contributed by atoms with Crippen LogP contribution in [0.5, 0.6) is 0 Å². The van der Waals surface area contributed by atoms with Crippen molar-refractivity contribution in [3.8, 4) is 0 Å². The van der Waals surface area contributed by atoms with E-state index < -0.39 is 6.43 Å². The molecule has 0 amide bonds. The van der Waals surface area contributed by atoms with Crippen molar-refractivity contribution in [2.45, 2.75) is 19.3 Å². The van der Waals surface area contributed by atoms with Gasteiger partial charge in [0.25, 0.3) is 6.43 Å². The maximum Gasteiger partial charge on any atom is 0.265 e. The smallest absolute Gasteiger partial charge is 0.265 e. The maximum absolute atomic E-state index is 13.1. The average molecular weight is 290 g/mol. The lowest BCUT2D eigenvalue weighted by Crippen LogP contribution is -2.20. The third-order valence-corrected chi connectivity index (χ3v) is 3.50. The van der Waals surface area contributed by atoms with Crippen LogP contribution in [0.15, 0.2) is 48.5 Å². The second-order valence-corrected chi connectivity index (χ2v) is 5.13. The molecular weight excluding hydrogens is 270 g/mol. The Balaban J connectivity index is 1.98. The van der Waals surface area contributed by atoms with E-state index in [9.17, 15) is 8.78 Å². The van der Waals surface area contributed by atoms with Gasteiger partial charge in [-0.25, -0.2) is 8.78 Å². The monoisotopic (exact) mass is 290 g/mol. The normalized spacial score (nSPS) is 10.9. The molecule has 0 aliphatic heterocycles. The number of rotatable bonds is 6. The second kappa shape index (κ2) is 7.07. The Hall–Kier alpha value is -2.10. The third-order valence-electron chi connectivity index (χ3n) is 3.50. The lowest BCUT2D eigenvalue weighted by molar-refractivity contribution is 0.152. The summed E-state index contributed by atoms with van der Waals surface area (Å²) in [5.74, 6) is 0. The molecule has 0 unspecified atom stereocenters. The first-order valence-electron chi connectivity index (χ1n) is 7.00. The van der Waals surface area contributed by atoms with E-state index >= 15 is 0 Å². The van der Waals surface area contributed by atoms with Crippen molar-refractivity contribution >= 4 is 11.4 Å². The molecule has 2 nitrogen and oxygen atoms in total. The third kappa shape index (κ3) is 4.18. The van der Waals surface area contributed by atoms with Gasteiger partial charge in [-0.2, -0.15) is 0 Å². The number of hydrogen-bond donors (Lipinski definition) is 1. The minimum Gasteiger partial charge on any atom is -0.399 e. The first kappa shape index (κ1) is 15.3. The summed E-state index contributed by atoms with van der Waals surface area (Å²) in [7, 11) is 1.84. The zero-order valence-electron chi connectivity index (χ0n) is 12.1. The van der Waals surface area contributed by atoms with Gasteiger partial charge >= 0.3 is 0 Å². The van der Waals surface area contributed by atoms with Gasteiger partial charge in [0.2, 0.25) is 0 Å². The molecule has 0 radical (unpaired) electrons. The lowest BCUT2D eigenvalue weighted by atomic mass is 10.1. The van der Waals surface area contributed by atoms with Crippen LogP contribution in [0, 0.1) is 0 Å². The van der Waals surface area contributed by atoms with Crippen LogP contribution in [0.4, 0.5) is 20.2 Å². The van der Waals surface area contributed by atoms with E-state index in [1.54, 1.807) is 12.1 Å². The van der Waals surface area contributed by atoms with Crippen molar-refractivity contribution < 1.29 is 8.78 Å². The van der Waals surface area contributed by atoms with E-state index in [-0.39, 0.29) is 5.56 Å². The molecule has 0 bridgehead atoms. The van der Waals surface area contributed by atoms with Crippen molar-refractivity contribution in [3.63, 3.8) is 0 Å². The Kier molecular flexibility index (Phi) is 5.14. The summed E-state index contributed by atoms with van der Waals surface area (Å²) in [5.41, 5.74) is 7.76. The van der Waals surface area contributed by atoms with Crippen LogP contribution in [-0.4, -0.2) is 13.6 Å². The minimum absolute atomic E-state index is 0.00258. The highest BCUT2D eigenvalue weighted by molar-refractivity contribution is 5.59. The first-order chi connectivity index (χ1) is 10.1. The molecule has 21 heavy (non-hydrogen) atoms. The summed E-state index contributed by atoms with van der Waals surface area (Å²) in [6.07, 6.45) is -0.669. The number of aryl methyl sites for hydroxylation is 1. The van der Waals surface area contributed by atoms with Crippen molar-refractivity contribution in [2.75, 3.05) is 24.2 Å². The van der Waals surface area contributed by atoms with Crippen LogP contribution < -0.4 is 10.6 Å². The first-order valence-corrected chi connectivity index (χ1v) is 7.00. The number of anilines is 2. The Morgan fingerprint density at radius 1 is 1.10 bits per heavy atom. The van der Waals surface area contributed by atoms with E-state index in [2.05, 4.69) is 12.1 Å². The molecule has 0 fully saturated rings. The van der Waals surface area contributed by atoms with Gasteiger partial charge < -0.3 is 10.6 Å². The van der Waals surface area contributed by atoms with E-state index in [4.69, 9.17) is 5.73 Å². The van der Waals surface area contributed by atoms with E-state index in [0.29, 0.717) is 11.4 Å². The van der Waals surface area contributed by atoms with Crippen LogP contribution in [-0.2, 0) is 6.42 Å². The fourth-order valence-electron chi connectivity index (χ4n) is 2.38. The highest BCUT2D eigenvalue weighted by Gasteiger charge is 2.15. The molecule has 0 aromatic heterocycles. The van der Waals surface area contributed by atoms with Crippen molar-refractivity contribution in [1.29, 1.82) is 0 Å². The Morgan fingerprint density at radius 3 is 2.48 bits per heavy atom. The number of hydrogen-bond acceptors (Lipinski definition) is 2. The van der Waals surface area contributed by atoms with Gasteiger partial charge in [0.1, 0.15) is 0 Å². The summed E-state index contributed by atoms with van der Waals surface area (Å²) in [4.78, 5) is 1.86. The SMILES string of the molecule is CN(CCCc1ccccc1)c1ccc(N)cc1C(F)F. The Bertz CT molecular complexity index is 570. The van der Waals surface area contributed by atoms with Crippen LogP contribution in [0.2, 0.25) is 0 Å². The fraction of sp³-hybridized carbons (Fsp3) is 0.294. The zero-order chi connectivity index (χ0) is 15.2. The molecule has 0 spiro atoms. The average Bonchev–Trinajstić information content (AvgIpc) is 2.48. The van der Waals surface area contributed by atoms with Gasteiger partial charge in [-0.05, 0) is 36.6 Å². The van der Waals surface area contributed by atoms with Crippen LogP contribution >= 0.6 is 0 Å². The summed E-state index contributed by atoms with van der Waals surface area (Å²) in [6, 6.07) is 14.8. The zero-order valence-corrected chi connectivity index (χ0v) is 12.1. The molecule has 0 aliphatic rings. The molecule has 2 aromatic rings. The largest absolute Gasteiger partial charge is 0.399 e. The Labute approximate surface area is 124 Å². The van der Waals surface area contributed by atoms with Crippen LogP contribution in [0.3, 0.4) is 0 Å². The fourth-order valence-corrected chi connectivity index (χ4v) is 2.38. The van der Waals surface area contributed by atoms with Crippen molar-refractivity contribution in [1.82, 2.24) is 0 Å². The van der Waals surface area contributed by atoms with Gasteiger partial charge in [-0.1, -0.05) is 30.3 Å². The molecule has 112 valence electrons. The van der Waals surface area contributed by atoms with Gasteiger partial charge in [0.05, 0.1) is 0 Å². The molecule has 0 aliphatic carbocycles. The van der Waals surface area contributed by atoms with Crippen LogP contribution in [0.1, 0.15) is 24.0 Å². The summed E-state index contributed by atoms with van der Waals surface area (Å²) >= 11 is 0. The molecule has 4 heteroatoms. The molecule has 0 atom stereocenters. The molecule has 2 aromatic carbocycles. The van der Waals surface area contributed by atoms with Crippen LogP contribution in [0.25, 0.3) is 0 Å². The Morgan fingerprint density at radius 2 is 1.81 bits per heavy atom.